The monoisotopic (exact) mass is 200 g/mol. The molecule has 64 valence electrons. The smallest absolute Gasteiger partial charge is 0.173 e. The number of halogens is 1. The second-order valence-electron chi connectivity index (χ2n) is 2.42. The maximum atomic E-state index is 11.2. The van der Waals surface area contributed by atoms with E-state index in [2.05, 4.69) is 0 Å². The third-order valence-electron chi connectivity index (χ3n) is 1.63. The first kappa shape index (κ1) is 9.70. The highest BCUT2D eigenvalue weighted by Crippen LogP contribution is 2.30. The maximum Gasteiger partial charge on any atom is 0.173 e. The van der Waals surface area contributed by atoms with Gasteiger partial charge in [-0.2, -0.15) is 0 Å². The van der Waals surface area contributed by atoms with Crippen LogP contribution in [-0.2, 0) is 4.79 Å². The summed E-state index contributed by atoms with van der Waals surface area (Å²) >= 11 is 5.46. The number of carbonyl (C=O) groups excluding carboxylic acids is 1. The van der Waals surface area contributed by atoms with E-state index in [1.54, 1.807) is 0 Å². The molecule has 0 heterocycles. The van der Waals surface area contributed by atoms with Gasteiger partial charge in [0.2, 0.25) is 0 Å². The molecule has 0 saturated heterocycles. The zero-order valence-electron chi connectivity index (χ0n) is 6.83. The Balaban J connectivity index is 2.78. The lowest BCUT2D eigenvalue weighted by molar-refractivity contribution is -0.109. The topological polar surface area (TPSA) is 17.1 Å². The fraction of sp³-hybridized carbons (Fsp3) is 0.222. The second-order valence-corrected chi connectivity index (χ2v) is 4.82. The summed E-state index contributed by atoms with van der Waals surface area (Å²) < 4.78 is 0. The van der Waals surface area contributed by atoms with Gasteiger partial charge in [-0.25, -0.2) is 0 Å². The molecule has 0 amide bonds. The third kappa shape index (κ3) is 2.30. The molecule has 1 aromatic rings. The van der Waals surface area contributed by atoms with Gasteiger partial charge in [0.1, 0.15) is 0 Å². The molecule has 1 unspecified atom stereocenters. The van der Waals surface area contributed by atoms with Gasteiger partial charge in [0.05, 0.1) is 5.88 Å². The van der Waals surface area contributed by atoms with Crippen LogP contribution in [0.5, 0.6) is 0 Å². The van der Waals surface area contributed by atoms with Crippen molar-refractivity contribution in [1.29, 1.82) is 0 Å². The van der Waals surface area contributed by atoms with Crippen molar-refractivity contribution >= 4 is 30.4 Å². The average molecular weight is 201 g/mol. The summed E-state index contributed by atoms with van der Waals surface area (Å²) in [6.07, 6.45) is 0. The minimum absolute atomic E-state index is 0.122. The van der Waals surface area contributed by atoms with Gasteiger partial charge in [0.25, 0.3) is 0 Å². The minimum Gasteiger partial charge on any atom is -0.293 e. The maximum absolute atomic E-state index is 11.2. The van der Waals surface area contributed by atoms with Crippen LogP contribution in [0.2, 0.25) is 0 Å². The van der Waals surface area contributed by atoms with Crippen molar-refractivity contribution in [3.05, 3.63) is 30.3 Å². The lowest BCUT2D eigenvalue weighted by atomic mass is 10.4. The van der Waals surface area contributed by atoms with Gasteiger partial charge in [-0.3, -0.25) is 4.79 Å². The number of benzene rings is 1. The lowest BCUT2D eigenvalue weighted by Crippen LogP contribution is -2.07. The summed E-state index contributed by atoms with van der Waals surface area (Å²) in [5, 5.41) is 1.10. The van der Waals surface area contributed by atoms with E-state index in [1.807, 2.05) is 37.0 Å². The van der Waals surface area contributed by atoms with Crippen LogP contribution in [0.25, 0.3) is 0 Å². The molecular formula is C9H10ClOP. The van der Waals surface area contributed by atoms with Crippen LogP contribution in [-0.4, -0.2) is 18.1 Å². The first-order chi connectivity index (χ1) is 5.75. The summed E-state index contributed by atoms with van der Waals surface area (Å²) in [5.41, 5.74) is 0.137. The summed E-state index contributed by atoms with van der Waals surface area (Å²) in [6, 6.07) is 9.76. The van der Waals surface area contributed by atoms with E-state index < -0.39 is 7.92 Å². The molecule has 0 aliphatic heterocycles. The second kappa shape index (κ2) is 4.59. The molecule has 0 saturated carbocycles. The Morgan fingerprint density at radius 3 is 2.50 bits per heavy atom. The molecule has 0 bridgehead atoms. The molecule has 0 N–H and O–H groups in total. The summed E-state index contributed by atoms with van der Waals surface area (Å²) in [4.78, 5) is 11.2. The van der Waals surface area contributed by atoms with Gasteiger partial charge >= 0.3 is 0 Å². The van der Waals surface area contributed by atoms with E-state index in [0.717, 1.165) is 5.30 Å². The van der Waals surface area contributed by atoms with Crippen LogP contribution in [0.15, 0.2) is 30.3 Å². The number of rotatable bonds is 3. The standard InChI is InChI=1S/C9H10ClOP/c1-12(9(11)7-10)8-5-3-2-4-6-8/h2-6H,7H2,1H3. The Morgan fingerprint density at radius 1 is 1.42 bits per heavy atom. The first-order valence-corrected chi connectivity index (χ1v) is 5.95. The number of carbonyl (C=O) groups is 1. The molecule has 12 heavy (non-hydrogen) atoms. The van der Waals surface area contributed by atoms with Crippen molar-refractivity contribution in [1.82, 2.24) is 0 Å². The summed E-state index contributed by atoms with van der Waals surface area (Å²) in [6.45, 7) is 1.94. The first-order valence-electron chi connectivity index (χ1n) is 3.63. The Labute approximate surface area is 78.5 Å². The molecule has 0 aliphatic carbocycles. The van der Waals surface area contributed by atoms with E-state index in [0.29, 0.717) is 0 Å². The molecule has 1 nitrogen and oxygen atoms in total. The van der Waals surface area contributed by atoms with Gasteiger partial charge in [0.15, 0.2) is 5.52 Å². The van der Waals surface area contributed by atoms with Crippen LogP contribution in [0.3, 0.4) is 0 Å². The van der Waals surface area contributed by atoms with Gasteiger partial charge in [0, 0.05) is 0 Å². The van der Waals surface area contributed by atoms with Crippen molar-refractivity contribution in [2.75, 3.05) is 12.5 Å². The molecule has 1 atom stereocenters. The van der Waals surface area contributed by atoms with Crippen LogP contribution >= 0.6 is 19.5 Å². The molecule has 1 aromatic carbocycles. The lowest BCUT2D eigenvalue weighted by Gasteiger charge is -2.07. The highest BCUT2D eigenvalue weighted by molar-refractivity contribution is 7.81. The number of alkyl halides is 1. The molecule has 0 aliphatic rings. The Kier molecular flexibility index (Phi) is 3.71. The van der Waals surface area contributed by atoms with Crippen LogP contribution < -0.4 is 5.30 Å². The summed E-state index contributed by atoms with van der Waals surface area (Å²) in [5.74, 6) is 0.122. The van der Waals surface area contributed by atoms with Crippen molar-refractivity contribution in [2.24, 2.45) is 0 Å². The predicted molar refractivity (Wildman–Crippen MR) is 54.6 cm³/mol. The van der Waals surface area contributed by atoms with Gasteiger partial charge in [-0.05, 0) is 19.9 Å². The highest BCUT2D eigenvalue weighted by Gasteiger charge is 2.12. The largest absolute Gasteiger partial charge is 0.293 e. The van der Waals surface area contributed by atoms with E-state index in [1.165, 1.54) is 0 Å². The Hall–Kier alpha value is -0.390. The molecule has 3 heteroatoms. The fourth-order valence-corrected chi connectivity index (χ4v) is 2.51. The van der Waals surface area contributed by atoms with Gasteiger partial charge < -0.3 is 0 Å². The zero-order chi connectivity index (χ0) is 8.97. The van der Waals surface area contributed by atoms with Crippen molar-refractivity contribution in [3.63, 3.8) is 0 Å². The third-order valence-corrected chi connectivity index (χ3v) is 4.04. The van der Waals surface area contributed by atoms with Crippen LogP contribution in [0, 0.1) is 0 Å². The van der Waals surface area contributed by atoms with Gasteiger partial charge in [-0.1, -0.05) is 30.3 Å². The quantitative estimate of drug-likeness (QED) is 0.540. The molecule has 0 fully saturated rings. The average Bonchev–Trinajstić information content (AvgIpc) is 2.17. The van der Waals surface area contributed by atoms with E-state index >= 15 is 0 Å². The Bertz CT molecular complexity index is 260. The normalized spacial score (nSPS) is 12.5. The molecule has 0 aromatic heterocycles. The van der Waals surface area contributed by atoms with E-state index in [9.17, 15) is 4.79 Å². The van der Waals surface area contributed by atoms with Crippen molar-refractivity contribution in [3.8, 4) is 0 Å². The van der Waals surface area contributed by atoms with Crippen molar-refractivity contribution < 1.29 is 4.79 Å². The molecule has 1 rings (SSSR count). The van der Waals surface area contributed by atoms with E-state index in [-0.39, 0.29) is 11.4 Å². The highest BCUT2D eigenvalue weighted by atomic mass is 35.5. The van der Waals surface area contributed by atoms with Crippen LogP contribution in [0.4, 0.5) is 0 Å². The predicted octanol–water partition coefficient (Wildman–Crippen LogP) is 2.19. The summed E-state index contributed by atoms with van der Waals surface area (Å²) in [7, 11) is -0.708. The minimum atomic E-state index is -0.708. The SMILES string of the molecule is CP(C(=O)CCl)c1ccccc1. The molecular weight excluding hydrogens is 191 g/mol. The van der Waals surface area contributed by atoms with Crippen molar-refractivity contribution in [2.45, 2.75) is 0 Å². The van der Waals surface area contributed by atoms with Crippen LogP contribution in [0.1, 0.15) is 0 Å². The van der Waals surface area contributed by atoms with Gasteiger partial charge in [-0.15, -0.1) is 11.6 Å². The number of hydrogen-bond donors (Lipinski definition) is 0. The fourth-order valence-electron chi connectivity index (χ4n) is 0.885. The molecule has 0 radical (unpaired) electrons. The zero-order valence-corrected chi connectivity index (χ0v) is 8.48. The molecule has 0 spiro atoms. The number of hydrogen-bond acceptors (Lipinski definition) is 1. The Morgan fingerprint density at radius 2 is 2.00 bits per heavy atom. The van der Waals surface area contributed by atoms with E-state index in [4.69, 9.17) is 11.6 Å².